The van der Waals surface area contributed by atoms with Gasteiger partial charge >= 0.3 is 5.97 Å². The van der Waals surface area contributed by atoms with Gasteiger partial charge < -0.3 is 4.74 Å². The summed E-state index contributed by atoms with van der Waals surface area (Å²) in [5, 5.41) is 8.41. The van der Waals surface area contributed by atoms with Crippen LogP contribution in [-0.2, 0) is 31.2 Å². The van der Waals surface area contributed by atoms with Crippen molar-refractivity contribution in [2.45, 2.75) is 62.7 Å². The molecule has 4 rings (SSSR count). The maximum absolute atomic E-state index is 12.6. The molecule has 9 heteroatoms. The first-order valence-corrected chi connectivity index (χ1v) is 13.3. The molecule has 1 N–H and O–H groups in total. The van der Waals surface area contributed by atoms with Crippen molar-refractivity contribution in [2.75, 3.05) is 11.5 Å². The summed E-state index contributed by atoms with van der Waals surface area (Å²) in [6, 6.07) is 6.11. The van der Waals surface area contributed by atoms with E-state index in [1.54, 1.807) is 12.1 Å². The number of unbranched alkanes of at least 4 members (excludes halogenated alkanes) is 2. The highest BCUT2D eigenvalue weighted by Gasteiger charge is 2.62. The molecule has 0 spiro atoms. The Morgan fingerprint density at radius 3 is 2.55 bits per heavy atom. The van der Waals surface area contributed by atoms with E-state index in [2.05, 4.69) is 24.7 Å². The minimum Gasteiger partial charge on any atom is -0.347 e. The van der Waals surface area contributed by atoms with Crippen molar-refractivity contribution in [1.29, 1.82) is 0 Å². The Labute approximate surface area is 193 Å². The summed E-state index contributed by atoms with van der Waals surface area (Å²) >= 11 is 5.56. The summed E-state index contributed by atoms with van der Waals surface area (Å²) in [4.78, 5) is 14.1. The lowest BCUT2D eigenvalue weighted by molar-refractivity contribution is -0.182. The predicted molar refractivity (Wildman–Crippen MR) is 123 cm³/mol. The molecule has 3 atom stereocenters. The quantitative estimate of drug-likeness (QED) is 0.262. The smallest absolute Gasteiger partial charge is 0.347 e. The fraction of sp³-hybridized carbons (Fsp3) is 0.591. The van der Waals surface area contributed by atoms with E-state index in [1.165, 1.54) is 12.1 Å². The van der Waals surface area contributed by atoms with Gasteiger partial charge in [0.25, 0.3) is 0 Å². The average molecular weight is 489 g/mol. The highest BCUT2D eigenvalue weighted by molar-refractivity contribution is 8.04. The third kappa shape index (κ3) is 5.96. The molecule has 1 aromatic carbocycles. The molecule has 172 valence electrons. The Hall–Kier alpha value is -1.24. The molecule has 3 unspecified atom stereocenters. The van der Waals surface area contributed by atoms with Gasteiger partial charge in [0.2, 0.25) is 4.27 Å². The minimum absolute atomic E-state index is 0.0467. The van der Waals surface area contributed by atoms with Crippen LogP contribution in [0.1, 0.15) is 62.7 Å². The van der Waals surface area contributed by atoms with Gasteiger partial charge in [-0.2, -0.15) is 5.26 Å². The van der Waals surface area contributed by atoms with Gasteiger partial charge in [-0.25, -0.2) is 4.79 Å². The van der Waals surface area contributed by atoms with Gasteiger partial charge in [0.15, 0.2) is 0 Å². The zero-order valence-corrected chi connectivity index (χ0v) is 20.2. The molecule has 0 saturated carbocycles. The van der Waals surface area contributed by atoms with Crippen LogP contribution in [0.25, 0.3) is 0 Å². The van der Waals surface area contributed by atoms with E-state index < -0.39 is 31.8 Å². The van der Waals surface area contributed by atoms with E-state index in [4.69, 9.17) is 28.0 Å². The van der Waals surface area contributed by atoms with Crippen LogP contribution >= 0.6 is 11.6 Å². The first-order chi connectivity index (χ1) is 14.7. The van der Waals surface area contributed by atoms with E-state index in [-0.39, 0.29) is 17.1 Å². The number of fused-ring (bicyclic) bond motifs is 3. The first kappa shape index (κ1) is 26.0. The molecular formula is C22H29ClO6S2. The number of hydrogen-bond donors (Lipinski definition) is 1. The Kier molecular flexibility index (Phi) is 9.71. The lowest BCUT2D eigenvalue weighted by Gasteiger charge is -2.55. The van der Waals surface area contributed by atoms with Crippen LogP contribution in [0, 0.1) is 17.8 Å². The van der Waals surface area contributed by atoms with E-state index >= 15 is 0 Å². The maximum atomic E-state index is 12.6. The van der Waals surface area contributed by atoms with Gasteiger partial charge in [-0.3, -0.25) is 13.3 Å². The van der Waals surface area contributed by atoms with Crippen LogP contribution in [0.4, 0.5) is 0 Å². The van der Waals surface area contributed by atoms with Crippen LogP contribution < -0.4 is 0 Å². The average Bonchev–Trinajstić information content (AvgIpc) is 2.74. The third-order valence-electron chi connectivity index (χ3n) is 5.69. The lowest BCUT2D eigenvalue weighted by Crippen LogP contribution is -2.66. The maximum Gasteiger partial charge on any atom is 0.372 e. The number of terminal acetylenes is 1. The molecule has 0 amide bonds. The van der Waals surface area contributed by atoms with Crippen LogP contribution in [0.2, 0.25) is 5.02 Å². The molecule has 6 nitrogen and oxygen atoms in total. The topological polar surface area (TPSA) is 89.9 Å². The molecule has 3 fully saturated rings. The summed E-state index contributed by atoms with van der Waals surface area (Å²) in [5.41, 5.74) is 0.0744. The van der Waals surface area contributed by atoms with Gasteiger partial charge in [0.1, 0.15) is 0 Å². The number of benzene rings is 1. The first-order valence-electron chi connectivity index (χ1n) is 10.2. The highest BCUT2D eigenvalue weighted by Crippen LogP contribution is 2.50. The SMILES string of the molecule is C#CCCCCC12OC(C)C(CCC)(CS1=O)CS2=O.O=C(OO)c1cccc(Cl)c1. The Bertz CT molecular complexity index is 848. The molecule has 31 heavy (non-hydrogen) atoms. The van der Waals surface area contributed by atoms with Gasteiger partial charge in [-0.05, 0) is 44.4 Å². The molecule has 0 aromatic heterocycles. The summed E-state index contributed by atoms with van der Waals surface area (Å²) in [6.07, 6.45) is 10.3. The third-order valence-corrected chi connectivity index (χ3v) is 10.7. The van der Waals surface area contributed by atoms with E-state index in [0.717, 1.165) is 25.7 Å². The molecule has 2 bridgehead atoms. The van der Waals surface area contributed by atoms with Crippen molar-refractivity contribution in [3.8, 4) is 12.3 Å². The fourth-order valence-corrected chi connectivity index (χ4v) is 9.19. The molecule has 3 aliphatic heterocycles. The molecule has 3 saturated heterocycles. The molecular weight excluding hydrogens is 460 g/mol. The second kappa shape index (κ2) is 11.6. The summed E-state index contributed by atoms with van der Waals surface area (Å²) in [7, 11) is -2.32. The summed E-state index contributed by atoms with van der Waals surface area (Å²) in [6.45, 7) is 4.17. The molecule has 0 radical (unpaired) electrons. The van der Waals surface area contributed by atoms with Crippen molar-refractivity contribution < 1.29 is 28.1 Å². The molecule has 3 heterocycles. The Balaban J connectivity index is 0.000000262. The van der Waals surface area contributed by atoms with Crippen molar-refractivity contribution in [2.24, 2.45) is 5.41 Å². The summed E-state index contributed by atoms with van der Waals surface area (Å²) < 4.78 is 30.4. The Morgan fingerprint density at radius 1 is 1.32 bits per heavy atom. The highest BCUT2D eigenvalue weighted by atomic mass is 35.5. The summed E-state index contributed by atoms with van der Waals surface area (Å²) in [5.74, 6) is 3.08. The number of hydrogen-bond acceptors (Lipinski definition) is 6. The van der Waals surface area contributed by atoms with Gasteiger partial charge in [-0.1, -0.05) is 31.0 Å². The van der Waals surface area contributed by atoms with Gasteiger partial charge in [0.05, 0.1) is 33.3 Å². The van der Waals surface area contributed by atoms with E-state index in [0.29, 0.717) is 29.4 Å². The zero-order chi connectivity index (χ0) is 23.1. The second-order valence-electron chi connectivity index (χ2n) is 7.84. The van der Waals surface area contributed by atoms with Crippen LogP contribution in [0.5, 0.6) is 0 Å². The van der Waals surface area contributed by atoms with Gasteiger partial charge in [0, 0.05) is 34.8 Å². The number of rotatable bonds is 7. The number of carbonyl (C=O) groups excluding carboxylic acids is 1. The standard InChI is InChI=1S/C15H24O3S2.C7H5ClO3/c1-4-6-7-8-10-15-18-13(3)14(9-5-2,11-19(15)16)12-20(15)17;8-6-3-1-2-5(4-6)7(9)11-10/h1,13H,5-12H2,2-3H3;1-4,10H. The van der Waals surface area contributed by atoms with Gasteiger partial charge in [-0.15, -0.1) is 12.3 Å². The number of carbonyl (C=O) groups is 1. The second-order valence-corrected chi connectivity index (χ2v) is 11.8. The number of ether oxygens (including phenoxy) is 1. The predicted octanol–water partition coefficient (Wildman–Crippen LogP) is 4.52. The van der Waals surface area contributed by atoms with Crippen molar-refractivity contribution in [3.63, 3.8) is 0 Å². The van der Waals surface area contributed by atoms with Crippen LogP contribution in [0.3, 0.4) is 0 Å². The normalized spacial score (nSPS) is 31.3. The van der Waals surface area contributed by atoms with Crippen molar-refractivity contribution in [3.05, 3.63) is 34.9 Å². The fourth-order valence-electron chi connectivity index (χ4n) is 3.99. The molecule has 1 aromatic rings. The molecule has 3 aliphatic rings. The van der Waals surface area contributed by atoms with E-state index in [9.17, 15) is 13.2 Å². The van der Waals surface area contributed by atoms with Crippen LogP contribution in [-0.4, -0.2) is 41.5 Å². The zero-order valence-electron chi connectivity index (χ0n) is 17.8. The lowest BCUT2D eigenvalue weighted by atomic mass is 9.82. The monoisotopic (exact) mass is 488 g/mol. The minimum atomic E-state index is -1.16. The van der Waals surface area contributed by atoms with Crippen LogP contribution in [0.15, 0.2) is 24.3 Å². The van der Waals surface area contributed by atoms with Crippen molar-refractivity contribution in [1.82, 2.24) is 0 Å². The Morgan fingerprint density at radius 2 is 2.00 bits per heavy atom. The molecule has 0 aliphatic carbocycles. The number of halogens is 1. The van der Waals surface area contributed by atoms with Crippen molar-refractivity contribution >= 4 is 39.2 Å². The largest absolute Gasteiger partial charge is 0.372 e. The van der Waals surface area contributed by atoms with E-state index in [1.807, 2.05) is 0 Å².